The summed E-state index contributed by atoms with van der Waals surface area (Å²) in [5.41, 5.74) is 1.04. The van der Waals surface area contributed by atoms with Crippen LogP contribution < -0.4 is 10.1 Å². The van der Waals surface area contributed by atoms with Crippen LogP contribution in [0.2, 0.25) is 10.0 Å². The summed E-state index contributed by atoms with van der Waals surface area (Å²) < 4.78 is 5.97. The number of nitrogens with zero attached hydrogens (tertiary/aromatic N) is 2. The van der Waals surface area contributed by atoms with E-state index < -0.39 is 10.8 Å². The molecule has 0 radical (unpaired) electrons. The van der Waals surface area contributed by atoms with Gasteiger partial charge in [0, 0.05) is 12.1 Å². The van der Waals surface area contributed by atoms with E-state index in [1.807, 2.05) is 48.5 Å². The van der Waals surface area contributed by atoms with Gasteiger partial charge >= 0.3 is 0 Å². The number of carbonyl (C=O) groups is 1. The van der Waals surface area contributed by atoms with Crippen LogP contribution in [0.1, 0.15) is 11.1 Å². The highest BCUT2D eigenvalue weighted by Crippen LogP contribution is 2.35. The van der Waals surface area contributed by atoms with Gasteiger partial charge in [-0.25, -0.2) is 0 Å². The second-order valence-corrected chi connectivity index (χ2v) is 8.48. The summed E-state index contributed by atoms with van der Waals surface area (Å²) in [5, 5.41) is 24.9. The molecule has 0 fully saturated rings. The Balaban J connectivity index is 1.51. The minimum atomic E-state index is -0.766. The van der Waals surface area contributed by atoms with Crippen molar-refractivity contribution < 1.29 is 14.5 Å². The van der Waals surface area contributed by atoms with E-state index in [1.54, 1.807) is 24.3 Å². The van der Waals surface area contributed by atoms with Crippen LogP contribution in [-0.4, -0.2) is 10.8 Å². The van der Waals surface area contributed by atoms with Gasteiger partial charge in [0.15, 0.2) is 0 Å². The number of benzene rings is 4. The van der Waals surface area contributed by atoms with Gasteiger partial charge in [-0.1, -0.05) is 77.8 Å². The molecule has 0 heterocycles. The van der Waals surface area contributed by atoms with Gasteiger partial charge in [0.05, 0.1) is 20.7 Å². The number of non-ortho nitro benzene ring substituents is 1. The first kappa shape index (κ1) is 24.7. The van der Waals surface area contributed by atoms with Crippen molar-refractivity contribution in [1.29, 1.82) is 5.26 Å². The highest BCUT2D eigenvalue weighted by atomic mass is 35.5. The van der Waals surface area contributed by atoms with E-state index in [4.69, 9.17) is 27.9 Å². The largest absolute Gasteiger partial charge is 0.489 e. The Labute approximate surface area is 216 Å². The van der Waals surface area contributed by atoms with Crippen molar-refractivity contribution >= 4 is 57.3 Å². The quantitative estimate of drug-likeness (QED) is 0.121. The molecule has 0 bridgehead atoms. The molecule has 1 amide bonds. The minimum Gasteiger partial charge on any atom is -0.489 e. The number of hydrogen-bond acceptors (Lipinski definition) is 5. The first-order valence-corrected chi connectivity index (χ1v) is 11.4. The number of amides is 1. The highest BCUT2D eigenvalue weighted by Gasteiger charge is 2.18. The number of anilines is 1. The third-order valence-corrected chi connectivity index (χ3v) is 5.88. The summed E-state index contributed by atoms with van der Waals surface area (Å²) in [6, 6.07) is 25.0. The van der Waals surface area contributed by atoms with Crippen molar-refractivity contribution in [3.63, 3.8) is 0 Å². The summed E-state index contributed by atoms with van der Waals surface area (Å²) in [5.74, 6) is -0.201. The number of halogens is 2. The van der Waals surface area contributed by atoms with Gasteiger partial charge in [0.25, 0.3) is 11.6 Å². The maximum Gasteiger partial charge on any atom is 0.272 e. The van der Waals surface area contributed by atoms with Crippen LogP contribution in [0, 0.1) is 21.4 Å². The van der Waals surface area contributed by atoms with Gasteiger partial charge in [-0.05, 0) is 40.1 Å². The van der Waals surface area contributed by atoms with E-state index in [1.165, 1.54) is 6.08 Å². The summed E-state index contributed by atoms with van der Waals surface area (Å²) in [6.07, 6.45) is 1.40. The van der Waals surface area contributed by atoms with Crippen LogP contribution in [0.25, 0.3) is 16.8 Å². The van der Waals surface area contributed by atoms with Crippen molar-refractivity contribution in [2.45, 2.75) is 6.61 Å². The molecule has 0 saturated carbocycles. The zero-order valence-corrected chi connectivity index (χ0v) is 20.1. The summed E-state index contributed by atoms with van der Waals surface area (Å²) in [7, 11) is 0. The van der Waals surface area contributed by atoms with Gasteiger partial charge in [0.2, 0.25) is 0 Å². The molecule has 0 saturated heterocycles. The van der Waals surface area contributed by atoms with Crippen LogP contribution in [0.4, 0.5) is 11.4 Å². The van der Waals surface area contributed by atoms with Gasteiger partial charge in [0.1, 0.15) is 24.0 Å². The molecule has 4 rings (SSSR count). The van der Waals surface area contributed by atoms with Crippen LogP contribution in [0.15, 0.2) is 84.4 Å². The Morgan fingerprint density at radius 1 is 1.03 bits per heavy atom. The number of nitrogens with one attached hydrogen (secondary N) is 1. The molecule has 0 unspecified atom stereocenters. The third-order valence-electron chi connectivity index (χ3n) is 5.28. The van der Waals surface area contributed by atoms with Gasteiger partial charge in [-0.3, -0.25) is 14.9 Å². The number of rotatable bonds is 7. The van der Waals surface area contributed by atoms with E-state index >= 15 is 0 Å². The number of carbonyl (C=O) groups excluding carboxylic acids is 1. The first-order chi connectivity index (χ1) is 17.4. The van der Waals surface area contributed by atoms with Crippen LogP contribution in [-0.2, 0) is 11.4 Å². The molecule has 0 aromatic heterocycles. The molecule has 0 aliphatic rings. The van der Waals surface area contributed by atoms with Gasteiger partial charge < -0.3 is 10.1 Å². The van der Waals surface area contributed by atoms with E-state index in [0.717, 1.165) is 28.5 Å². The number of nitro benzene ring substituents is 1. The first-order valence-electron chi connectivity index (χ1n) is 10.6. The molecule has 0 aliphatic heterocycles. The summed E-state index contributed by atoms with van der Waals surface area (Å²) in [4.78, 5) is 23.0. The lowest BCUT2D eigenvalue weighted by atomic mass is 10.1. The SMILES string of the molecule is N#C/C(=C\c1cccc(OCc2cccc3ccccc23)c1)C(=O)Nc1c(Cl)cc([N+](=O)[O-])cc1Cl. The standard InChI is InChI=1S/C27H17Cl2N3O4/c28-24-13-21(32(34)35)14-25(29)26(24)31-27(33)20(15-30)11-17-5-3-9-22(12-17)36-16-19-8-4-7-18-6-1-2-10-23(18)19/h1-14H,16H2,(H,31,33)/b20-11+. The predicted octanol–water partition coefficient (Wildman–Crippen LogP) is 7.18. The lowest BCUT2D eigenvalue weighted by Crippen LogP contribution is -2.14. The third kappa shape index (κ3) is 5.63. The average molecular weight is 518 g/mol. The van der Waals surface area contributed by atoms with Crippen LogP contribution >= 0.6 is 23.2 Å². The molecule has 0 aliphatic carbocycles. The number of nitriles is 1. The zero-order valence-electron chi connectivity index (χ0n) is 18.6. The van der Waals surface area contributed by atoms with Crippen molar-refractivity contribution in [1.82, 2.24) is 0 Å². The maximum atomic E-state index is 12.7. The Bertz CT molecular complexity index is 1530. The monoisotopic (exact) mass is 517 g/mol. The van der Waals surface area contributed by atoms with Crippen molar-refractivity contribution in [3.8, 4) is 11.8 Å². The summed E-state index contributed by atoms with van der Waals surface area (Å²) >= 11 is 12.1. The molecule has 4 aromatic carbocycles. The second kappa shape index (κ2) is 10.9. The summed E-state index contributed by atoms with van der Waals surface area (Å²) in [6.45, 7) is 0.345. The topological polar surface area (TPSA) is 105 Å². The van der Waals surface area contributed by atoms with Crippen molar-refractivity contribution in [2.75, 3.05) is 5.32 Å². The maximum absolute atomic E-state index is 12.7. The second-order valence-electron chi connectivity index (χ2n) is 7.66. The minimum absolute atomic E-state index is 0.0257. The number of fused-ring (bicyclic) bond motifs is 1. The highest BCUT2D eigenvalue weighted by molar-refractivity contribution is 6.40. The number of ether oxygens (including phenoxy) is 1. The Morgan fingerprint density at radius 3 is 2.44 bits per heavy atom. The molecular weight excluding hydrogens is 501 g/mol. The average Bonchev–Trinajstić information content (AvgIpc) is 2.88. The molecule has 4 aromatic rings. The number of hydrogen-bond donors (Lipinski definition) is 1. The van der Waals surface area contributed by atoms with Crippen LogP contribution in [0.5, 0.6) is 5.75 Å². The van der Waals surface area contributed by atoms with E-state index in [2.05, 4.69) is 5.32 Å². The number of nitro groups is 1. The van der Waals surface area contributed by atoms with E-state index in [9.17, 15) is 20.2 Å². The Kier molecular flexibility index (Phi) is 7.50. The lowest BCUT2D eigenvalue weighted by molar-refractivity contribution is -0.384. The normalized spacial score (nSPS) is 11.1. The lowest BCUT2D eigenvalue weighted by Gasteiger charge is -2.10. The molecule has 0 atom stereocenters. The molecular formula is C27H17Cl2N3O4. The molecule has 1 N–H and O–H groups in total. The fourth-order valence-electron chi connectivity index (χ4n) is 3.55. The van der Waals surface area contributed by atoms with Gasteiger partial charge in [-0.2, -0.15) is 5.26 Å². The fourth-order valence-corrected chi connectivity index (χ4v) is 4.12. The van der Waals surface area contributed by atoms with E-state index in [0.29, 0.717) is 17.9 Å². The molecule has 36 heavy (non-hydrogen) atoms. The Hall–Kier alpha value is -4.38. The molecule has 9 heteroatoms. The molecule has 178 valence electrons. The smallest absolute Gasteiger partial charge is 0.272 e. The Morgan fingerprint density at radius 2 is 1.72 bits per heavy atom. The predicted molar refractivity (Wildman–Crippen MR) is 140 cm³/mol. The molecule has 7 nitrogen and oxygen atoms in total. The fraction of sp³-hybridized carbons (Fsp3) is 0.0370. The zero-order chi connectivity index (χ0) is 25.7. The van der Waals surface area contributed by atoms with Crippen molar-refractivity contribution in [3.05, 3.63) is 116 Å². The van der Waals surface area contributed by atoms with E-state index in [-0.39, 0.29) is 27.0 Å². The van der Waals surface area contributed by atoms with Crippen molar-refractivity contribution in [2.24, 2.45) is 0 Å². The van der Waals surface area contributed by atoms with Gasteiger partial charge in [-0.15, -0.1) is 0 Å². The van der Waals surface area contributed by atoms with Crippen LogP contribution in [0.3, 0.4) is 0 Å². The molecule has 0 spiro atoms.